The molecule has 1 rings (SSSR count). The van der Waals surface area contributed by atoms with Crippen LogP contribution >= 0.6 is 0 Å². The Morgan fingerprint density at radius 2 is 1.65 bits per heavy atom. The Labute approximate surface area is 104 Å². The van der Waals surface area contributed by atoms with Crippen LogP contribution in [0.4, 0.5) is 0 Å². The predicted octanol–water partition coefficient (Wildman–Crippen LogP) is 3.01. The highest BCUT2D eigenvalue weighted by atomic mass is 16.3. The maximum absolute atomic E-state index is 9.89. The van der Waals surface area contributed by atoms with E-state index in [1.165, 1.54) is 11.1 Å². The van der Waals surface area contributed by atoms with E-state index in [-0.39, 0.29) is 5.92 Å². The molecule has 1 aromatic carbocycles. The minimum atomic E-state index is -0.619. The van der Waals surface area contributed by atoms with E-state index < -0.39 is 12.2 Å². The van der Waals surface area contributed by atoms with Gasteiger partial charge in [-0.25, -0.2) is 0 Å². The van der Waals surface area contributed by atoms with Crippen molar-refractivity contribution in [1.29, 1.82) is 0 Å². The van der Waals surface area contributed by atoms with Crippen molar-refractivity contribution in [3.63, 3.8) is 0 Å². The second kappa shape index (κ2) is 6.77. The zero-order valence-electron chi connectivity index (χ0n) is 11.1. The Balaban J connectivity index is 2.53. The van der Waals surface area contributed by atoms with Crippen LogP contribution in [0.15, 0.2) is 24.3 Å². The molecule has 0 aliphatic heterocycles. The molecule has 0 spiro atoms. The smallest absolute Gasteiger partial charge is 0.0804 e. The molecule has 2 heteroatoms. The molecular formula is C15H24O2. The lowest BCUT2D eigenvalue weighted by Crippen LogP contribution is -2.27. The molecule has 2 N–H and O–H groups in total. The van der Waals surface area contributed by atoms with E-state index in [0.29, 0.717) is 12.8 Å². The summed E-state index contributed by atoms with van der Waals surface area (Å²) in [7, 11) is 0. The van der Waals surface area contributed by atoms with Gasteiger partial charge in [-0.15, -0.1) is 0 Å². The quantitative estimate of drug-likeness (QED) is 0.797. The summed E-state index contributed by atoms with van der Waals surface area (Å²) < 4.78 is 0. The molecule has 2 nitrogen and oxygen atoms in total. The fourth-order valence-electron chi connectivity index (χ4n) is 2.04. The molecule has 0 aromatic heterocycles. The van der Waals surface area contributed by atoms with Crippen molar-refractivity contribution in [1.82, 2.24) is 0 Å². The number of aliphatic hydroxyl groups is 2. The average molecular weight is 236 g/mol. The van der Waals surface area contributed by atoms with Gasteiger partial charge in [0.2, 0.25) is 0 Å². The molecule has 0 aliphatic carbocycles. The number of hydrogen-bond donors (Lipinski definition) is 2. The Morgan fingerprint density at radius 3 is 2.18 bits per heavy atom. The maximum Gasteiger partial charge on any atom is 0.0804 e. The molecule has 0 bridgehead atoms. The first-order valence-electron chi connectivity index (χ1n) is 6.47. The molecule has 96 valence electrons. The van der Waals surface area contributed by atoms with Gasteiger partial charge < -0.3 is 10.2 Å². The normalized spacial score (nSPS) is 16.5. The molecular weight excluding hydrogens is 212 g/mol. The molecule has 3 atom stereocenters. The molecule has 0 amide bonds. The summed E-state index contributed by atoms with van der Waals surface area (Å²) in [4.78, 5) is 0. The van der Waals surface area contributed by atoms with E-state index in [2.05, 4.69) is 38.1 Å². The van der Waals surface area contributed by atoms with Crippen LogP contribution in [-0.4, -0.2) is 22.4 Å². The fourth-order valence-corrected chi connectivity index (χ4v) is 2.04. The van der Waals surface area contributed by atoms with Crippen molar-refractivity contribution in [2.75, 3.05) is 0 Å². The number of hydrogen-bond acceptors (Lipinski definition) is 2. The van der Waals surface area contributed by atoms with Gasteiger partial charge in [0.25, 0.3) is 0 Å². The van der Waals surface area contributed by atoms with Crippen LogP contribution in [0.5, 0.6) is 0 Å². The Morgan fingerprint density at radius 1 is 1.06 bits per heavy atom. The van der Waals surface area contributed by atoms with Crippen molar-refractivity contribution in [2.24, 2.45) is 0 Å². The summed E-state index contributed by atoms with van der Waals surface area (Å²) in [5.74, 6) is 0.275. The first kappa shape index (κ1) is 14.2. The zero-order chi connectivity index (χ0) is 12.8. The Hall–Kier alpha value is -0.860. The largest absolute Gasteiger partial charge is 0.390 e. The monoisotopic (exact) mass is 236 g/mol. The highest BCUT2D eigenvalue weighted by Gasteiger charge is 2.18. The van der Waals surface area contributed by atoms with Crippen molar-refractivity contribution in [2.45, 2.75) is 58.2 Å². The number of aliphatic hydroxyl groups excluding tert-OH is 2. The molecule has 0 saturated carbocycles. The van der Waals surface area contributed by atoms with Gasteiger partial charge in [0.15, 0.2) is 0 Å². The minimum Gasteiger partial charge on any atom is -0.390 e. The number of benzene rings is 1. The summed E-state index contributed by atoms with van der Waals surface area (Å²) in [5, 5.41) is 19.6. The third-order valence-corrected chi connectivity index (χ3v) is 3.27. The van der Waals surface area contributed by atoms with Crippen LogP contribution in [0.1, 0.15) is 50.2 Å². The van der Waals surface area contributed by atoms with E-state index >= 15 is 0 Å². The molecule has 17 heavy (non-hydrogen) atoms. The second-order valence-electron chi connectivity index (χ2n) is 4.97. The van der Waals surface area contributed by atoms with Crippen LogP contribution in [0.3, 0.4) is 0 Å². The summed E-state index contributed by atoms with van der Waals surface area (Å²) in [6.45, 7) is 6.17. The van der Waals surface area contributed by atoms with Crippen molar-refractivity contribution in [3.8, 4) is 0 Å². The maximum atomic E-state index is 9.89. The van der Waals surface area contributed by atoms with Crippen LogP contribution in [0.25, 0.3) is 0 Å². The standard InChI is InChI=1S/C15H24O2/c1-4-5-14(16)15(17)10-12(3)13-8-6-11(2)7-9-13/h6-9,12,14-17H,4-5,10H2,1-3H3. The van der Waals surface area contributed by atoms with Gasteiger partial charge >= 0.3 is 0 Å². The zero-order valence-corrected chi connectivity index (χ0v) is 11.1. The van der Waals surface area contributed by atoms with Gasteiger partial charge in [0.1, 0.15) is 0 Å². The number of aryl methyl sites for hydroxylation is 1. The van der Waals surface area contributed by atoms with Crippen LogP contribution < -0.4 is 0 Å². The summed E-state index contributed by atoms with van der Waals surface area (Å²) in [5.41, 5.74) is 2.46. The highest BCUT2D eigenvalue weighted by molar-refractivity contribution is 5.24. The van der Waals surface area contributed by atoms with Crippen molar-refractivity contribution in [3.05, 3.63) is 35.4 Å². The average Bonchev–Trinajstić information content (AvgIpc) is 2.30. The molecule has 0 aliphatic rings. The SMILES string of the molecule is CCCC(O)C(O)CC(C)c1ccc(C)cc1. The van der Waals surface area contributed by atoms with E-state index in [4.69, 9.17) is 0 Å². The predicted molar refractivity (Wildman–Crippen MR) is 71.1 cm³/mol. The van der Waals surface area contributed by atoms with Gasteiger partial charge in [-0.2, -0.15) is 0 Å². The third-order valence-electron chi connectivity index (χ3n) is 3.27. The van der Waals surface area contributed by atoms with E-state index in [9.17, 15) is 10.2 Å². The van der Waals surface area contributed by atoms with Gasteiger partial charge in [0, 0.05) is 0 Å². The van der Waals surface area contributed by atoms with E-state index in [1.54, 1.807) is 0 Å². The van der Waals surface area contributed by atoms with Crippen LogP contribution in [0.2, 0.25) is 0 Å². The summed E-state index contributed by atoms with van der Waals surface area (Å²) in [6, 6.07) is 8.36. The molecule has 0 heterocycles. The van der Waals surface area contributed by atoms with Crippen LogP contribution in [-0.2, 0) is 0 Å². The summed E-state index contributed by atoms with van der Waals surface area (Å²) in [6.07, 6.45) is 0.975. The Bertz CT molecular complexity index is 318. The van der Waals surface area contributed by atoms with E-state index in [1.807, 2.05) is 6.92 Å². The first-order valence-corrected chi connectivity index (χ1v) is 6.47. The summed E-state index contributed by atoms with van der Waals surface area (Å²) >= 11 is 0. The molecule has 0 saturated heterocycles. The Kier molecular flexibility index (Phi) is 5.66. The van der Waals surface area contributed by atoms with Crippen molar-refractivity contribution >= 4 is 0 Å². The second-order valence-corrected chi connectivity index (χ2v) is 4.97. The topological polar surface area (TPSA) is 40.5 Å². The molecule has 0 fully saturated rings. The van der Waals surface area contributed by atoms with Gasteiger partial charge in [-0.05, 0) is 31.2 Å². The van der Waals surface area contributed by atoms with Crippen molar-refractivity contribution < 1.29 is 10.2 Å². The van der Waals surface area contributed by atoms with Crippen LogP contribution in [0, 0.1) is 6.92 Å². The molecule has 3 unspecified atom stereocenters. The fraction of sp³-hybridized carbons (Fsp3) is 0.600. The number of rotatable bonds is 6. The molecule has 1 aromatic rings. The minimum absolute atomic E-state index is 0.275. The lowest BCUT2D eigenvalue weighted by molar-refractivity contribution is 0.00638. The van der Waals surface area contributed by atoms with Gasteiger partial charge in [-0.3, -0.25) is 0 Å². The highest BCUT2D eigenvalue weighted by Crippen LogP contribution is 2.22. The van der Waals surface area contributed by atoms with Gasteiger partial charge in [-0.1, -0.05) is 50.1 Å². The van der Waals surface area contributed by atoms with E-state index in [0.717, 1.165) is 6.42 Å². The third kappa shape index (κ3) is 4.49. The lowest BCUT2D eigenvalue weighted by atomic mass is 9.91. The first-order chi connectivity index (χ1) is 8.04. The molecule has 0 radical (unpaired) electrons. The van der Waals surface area contributed by atoms with Gasteiger partial charge in [0.05, 0.1) is 12.2 Å². The lowest BCUT2D eigenvalue weighted by Gasteiger charge is -2.21.